The Morgan fingerprint density at radius 3 is 2.33 bits per heavy atom. The van der Waals surface area contributed by atoms with Crippen LogP contribution in [0.15, 0.2) is 12.7 Å². The minimum atomic E-state index is -1.73. The zero-order valence-corrected chi connectivity index (χ0v) is 6.86. The minimum Gasteiger partial charge on any atom is -0.478 e. The summed E-state index contributed by atoms with van der Waals surface area (Å²) in [4.78, 5) is 21.0. The third-order valence-corrected chi connectivity index (χ3v) is 1.28. The number of aliphatic carboxylic acids is 1. The SMILES string of the molecule is C=CC(C)(OC(=O)OC)C(=O)O. The molecule has 1 atom stereocenters. The number of carbonyl (C=O) groups excluding carboxylic acids is 1. The second-order valence-corrected chi connectivity index (χ2v) is 2.17. The molecular weight excluding hydrogens is 164 g/mol. The average molecular weight is 174 g/mol. The van der Waals surface area contributed by atoms with Crippen molar-refractivity contribution in [2.45, 2.75) is 12.5 Å². The number of methoxy groups -OCH3 is 1. The Bertz CT molecular complexity index is 210. The van der Waals surface area contributed by atoms with Gasteiger partial charge in [0.1, 0.15) is 0 Å². The molecule has 68 valence electrons. The Kier molecular flexibility index (Phi) is 3.28. The number of rotatable bonds is 3. The van der Waals surface area contributed by atoms with E-state index in [0.29, 0.717) is 0 Å². The van der Waals surface area contributed by atoms with E-state index in [-0.39, 0.29) is 0 Å². The van der Waals surface area contributed by atoms with Crippen LogP contribution in [0.4, 0.5) is 4.79 Å². The van der Waals surface area contributed by atoms with Gasteiger partial charge in [-0.2, -0.15) is 0 Å². The fourth-order valence-electron chi connectivity index (χ4n) is 0.387. The van der Waals surface area contributed by atoms with Crippen LogP contribution in [0, 0.1) is 0 Å². The first-order chi connectivity index (χ1) is 5.46. The smallest absolute Gasteiger partial charge is 0.478 e. The molecule has 0 aliphatic heterocycles. The van der Waals surface area contributed by atoms with Gasteiger partial charge in [0.25, 0.3) is 0 Å². The van der Waals surface area contributed by atoms with Gasteiger partial charge in [-0.25, -0.2) is 9.59 Å². The monoisotopic (exact) mass is 174 g/mol. The molecule has 0 aromatic carbocycles. The lowest BCUT2D eigenvalue weighted by Crippen LogP contribution is -2.38. The maximum atomic E-state index is 10.5. The van der Waals surface area contributed by atoms with Gasteiger partial charge < -0.3 is 14.6 Å². The molecule has 0 spiro atoms. The van der Waals surface area contributed by atoms with E-state index in [1.165, 1.54) is 6.92 Å². The summed E-state index contributed by atoms with van der Waals surface area (Å²) in [6, 6.07) is 0. The molecular formula is C7H10O5. The van der Waals surface area contributed by atoms with Gasteiger partial charge in [0.15, 0.2) is 0 Å². The molecule has 1 N–H and O–H groups in total. The number of hydrogen-bond acceptors (Lipinski definition) is 4. The van der Waals surface area contributed by atoms with Gasteiger partial charge in [0, 0.05) is 0 Å². The van der Waals surface area contributed by atoms with Crippen molar-refractivity contribution in [3.05, 3.63) is 12.7 Å². The first-order valence-electron chi connectivity index (χ1n) is 3.10. The van der Waals surface area contributed by atoms with E-state index in [0.717, 1.165) is 13.2 Å². The van der Waals surface area contributed by atoms with Gasteiger partial charge in [0.05, 0.1) is 7.11 Å². The van der Waals surface area contributed by atoms with E-state index in [9.17, 15) is 9.59 Å². The molecule has 1 unspecified atom stereocenters. The van der Waals surface area contributed by atoms with Crippen LogP contribution in [0.5, 0.6) is 0 Å². The van der Waals surface area contributed by atoms with Gasteiger partial charge in [-0.1, -0.05) is 6.58 Å². The lowest BCUT2D eigenvalue weighted by molar-refractivity contribution is -0.153. The quantitative estimate of drug-likeness (QED) is 0.506. The molecule has 0 heterocycles. The van der Waals surface area contributed by atoms with Crippen molar-refractivity contribution in [1.29, 1.82) is 0 Å². The van der Waals surface area contributed by atoms with Crippen LogP contribution in [0.3, 0.4) is 0 Å². The number of carbonyl (C=O) groups is 2. The Morgan fingerprint density at radius 2 is 2.08 bits per heavy atom. The van der Waals surface area contributed by atoms with Crippen molar-refractivity contribution in [2.24, 2.45) is 0 Å². The van der Waals surface area contributed by atoms with Crippen molar-refractivity contribution in [1.82, 2.24) is 0 Å². The maximum Gasteiger partial charge on any atom is 0.509 e. The van der Waals surface area contributed by atoms with Crippen molar-refractivity contribution in [3.8, 4) is 0 Å². The highest BCUT2D eigenvalue weighted by atomic mass is 16.7. The Balaban J connectivity index is 4.45. The molecule has 0 amide bonds. The summed E-state index contributed by atoms with van der Waals surface area (Å²) in [5.41, 5.74) is -1.73. The average Bonchev–Trinajstić information content (AvgIpc) is 2.03. The van der Waals surface area contributed by atoms with Crippen LogP contribution in [0.1, 0.15) is 6.92 Å². The van der Waals surface area contributed by atoms with Gasteiger partial charge >= 0.3 is 12.1 Å². The van der Waals surface area contributed by atoms with Crippen LogP contribution in [0.2, 0.25) is 0 Å². The number of carboxylic acid groups (broad SMARTS) is 1. The summed E-state index contributed by atoms with van der Waals surface area (Å²) in [5, 5.41) is 8.57. The van der Waals surface area contributed by atoms with E-state index < -0.39 is 17.7 Å². The summed E-state index contributed by atoms with van der Waals surface area (Å²) in [5.74, 6) is -1.30. The molecule has 0 aromatic heterocycles. The van der Waals surface area contributed by atoms with Crippen LogP contribution in [-0.4, -0.2) is 29.9 Å². The molecule has 0 aromatic rings. The topological polar surface area (TPSA) is 72.8 Å². The predicted molar refractivity (Wildman–Crippen MR) is 39.7 cm³/mol. The molecule has 5 nitrogen and oxygen atoms in total. The summed E-state index contributed by atoms with van der Waals surface area (Å²) in [7, 11) is 1.09. The summed E-state index contributed by atoms with van der Waals surface area (Å²) < 4.78 is 8.54. The number of hydrogen-bond donors (Lipinski definition) is 1. The minimum absolute atomic E-state index is 1.01. The van der Waals surface area contributed by atoms with E-state index in [4.69, 9.17) is 5.11 Å². The van der Waals surface area contributed by atoms with Crippen LogP contribution < -0.4 is 0 Å². The lowest BCUT2D eigenvalue weighted by atomic mass is 10.1. The molecule has 0 saturated carbocycles. The maximum absolute atomic E-state index is 10.5. The number of carboxylic acids is 1. The first-order valence-corrected chi connectivity index (χ1v) is 3.10. The van der Waals surface area contributed by atoms with Gasteiger partial charge in [-0.15, -0.1) is 0 Å². The highest BCUT2D eigenvalue weighted by Gasteiger charge is 2.34. The number of ether oxygens (including phenoxy) is 2. The summed E-state index contributed by atoms with van der Waals surface area (Å²) in [6.45, 7) is 4.42. The van der Waals surface area contributed by atoms with E-state index in [2.05, 4.69) is 16.1 Å². The van der Waals surface area contributed by atoms with Crippen molar-refractivity contribution in [3.63, 3.8) is 0 Å². The molecule has 12 heavy (non-hydrogen) atoms. The Hall–Kier alpha value is -1.52. The standard InChI is InChI=1S/C7H10O5/c1-4-7(2,5(8)9)12-6(10)11-3/h4H,1H2,2-3H3,(H,8,9). The third kappa shape index (κ3) is 2.26. The Morgan fingerprint density at radius 1 is 1.58 bits per heavy atom. The molecule has 0 saturated heterocycles. The second-order valence-electron chi connectivity index (χ2n) is 2.17. The van der Waals surface area contributed by atoms with Crippen molar-refractivity contribution < 1.29 is 24.2 Å². The predicted octanol–water partition coefficient (Wildman–Crippen LogP) is 0.799. The van der Waals surface area contributed by atoms with Gasteiger partial charge in [0.2, 0.25) is 5.60 Å². The fraction of sp³-hybridized carbons (Fsp3) is 0.429. The summed E-state index contributed by atoms with van der Waals surface area (Å²) >= 11 is 0. The lowest BCUT2D eigenvalue weighted by Gasteiger charge is -2.19. The van der Waals surface area contributed by atoms with Crippen LogP contribution >= 0.6 is 0 Å². The highest BCUT2D eigenvalue weighted by molar-refractivity contribution is 5.82. The Labute approximate surface area is 69.6 Å². The molecule has 0 aliphatic rings. The fourth-order valence-corrected chi connectivity index (χ4v) is 0.387. The highest BCUT2D eigenvalue weighted by Crippen LogP contribution is 2.12. The zero-order chi connectivity index (χ0) is 9.78. The van der Waals surface area contributed by atoms with Crippen molar-refractivity contribution >= 4 is 12.1 Å². The van der Waals surface area contributed by atoms with Crippen molar-refractivity contribution in [2.75, 3.05) is 7.11 Å². The van der Waals surface area contributed by atoms with Gasteiger partial charge in [-0.05, 0) is 13.0 Å². The molecule has 0 aliphatic carbocycles. The van der Waals surface area contributed by atoms with E-state index in [1.54, 1.807) is 0 Å². The third-order valence-electron chi connectivity index (χ3n) is 1.28. The van der Waals surface area contributed by atoms with Crippen LogP contribution in [0.25, 0.3) is 0 Å². The van der Waals surface area contributed by atoms with E-state index >= 15 is 0 Å². The molecule has 0 rings (SSSR count). The molecule has 0 radical (unpaired) electrons. The molecule has 0 bridgehead atoms. The zero-order valence-electron chi connectivity index (χ0n) is 6.86. The normalized spacial score (nSPS) is 14.2. The largest absolute Gasteiger partial charge is 0.509 e. The van der Waals surface area contributed by atoms with Crippen LogP contribution in [-0.2, 0) is 14.3 Å². The summed E-state index contributed by atoms with van der Waals surface area (Å²) in [6.07, 6.45) is -0.0495. The molecule has 0 fully saturated rings. The van der Waals surface area contributed by atoms with E-state index in [1.807, 2.05) is 0 Å². The first kappa shape index (κ1) is 10.5. The molecule has 5 heteroatoms. The second kappa shape index (κ2) is 3.75. The van der Waals surface area contributed by atoms with Gasteiger partial charge in [-0.3, -0.25) is 0 Å².